The molecule has 0 atom stereocenters. The molecule has 2 heterocycles. The highest BCUT2D eigenvalue weighted by Gasteiger charge is 2.25. The van der Waals surface area contributed by atoms with Crippen molar-refractivity contribution in [2.75, 3.05) is 98.7 Å². The summed E-state index contributed by atoms with van der Waals surface area (Å²) in [6, 6.07) is 0. The molecule has 0 aromatic heterocycles. The molecule has 0 unspecified atom stereocenters. The van der Waals surface area contributed by atoms with E-state index in [1.165, 1.54) is 12.2 Å². The molecule has 0 spiro atoms. The van der Waals surface area contributed by atoms with Gasteiger partial charge in [0.05, 0.1) is 52.6 Å². The second-order valence-electron chi connectivity index (χ2n) is 9.61. The van der Waals surface area contributed by atoms with E-state index in [1.807, 2.05) is 0 Å². The Labute approximate surface area is 258 Å². The third-order valence-corrected chi connectivity index (χ3v) is 6.22. The molecule has 1 fully saturated rings. The normalized spacial score (nSPS) is 16.4. The summed E-state index contributed by atoms with van der Waals surface area (Å²) < 4.78 is 15.9. The van der Waals surface area contributed by atoms with Gasteiger partial charge in [-0.1, -0.05) is 0 Å². The number of nitrogens with zero attached hydrogens (tertiary/aromatic N) is 3. The Kier molecular flexibility index (Phi) is 16.7. The number of nitrogens with one attached hydrogen (secondary N) is 4. The van der Waals surface area contributed by atoms with Crippen molar-refractivity contribution in [2.24, 2.45) is 0 Å². The molecule has 0 aromatic carbocycles. The number of rotatable bonds is 15. The van der Waals surface area contributed by atoms with Gasteiger partial charge in [0.2, 0.25) is 29.5 Å². The minimum atomic E-state index is -1.20. The SMILES string of the molecule is O=C(O)COCNC(=O)CNC(=O)CNC(=O)CNC(=O)CN1CCOCCN(C(=O)CCN2C(=O)C=CC2=O)CCOCC1. The Morgan fingerprint density at radius 1 is 0.733 bits per heavy atom. The molecule has 1 saturated heterocycles. The lowest BCUT2D eigenvalue weighted by molar-refractivity contribution is -0.143. The molecular formula is C26H39N7O12. The van der Waals surface area contributed by atoms with Gasteiger partial charge in [-0.25, -0.2) is 4.79 Å². The summed E-state index contributed by atoms with van der Waals surface area (Å²) >= 11 is 0. The Balaban J connectivity index is 1.60. The summed E-state index contributed by atoms with van der Waals surface area (Å²) in [6.45, 7) is 0.109. The maximum Gasteiger partial charge on any atom is 0.329 e. The Bertz CT molecular complexity index is 1080. The molecule has 0 radical (unpaired) electrons. The number of carbonyl (C=O) groups excluding carboxylic acids is 7. The van der Waals surface area contributed by atoms with E-state index < -0.39 is 61.1 Å². The van der Waals surface area contributed by atoms with E-state index in [0.29, 0.717) is 13.1 Å². The fourth-order valence-electron chi connectivity index (χ4n) is 3.84. The maximum atomic E-state index is 12.7. The van der Waals surface area contributed by atoms with E-state index in [-0.39, 0.29) is 78.2 Å². The van der Waals surface area contributed by atoms with Crippen LogP contribution in [-0.4, -0.2) is 166 Å². The van der Waals surface area contributed by atoms with Crippen LogP contribution in [0.25, 0.3) is 0 Å². The zero-order valence-corrected chi connectivity index (χ0v) is 24.7. The number of ether oxygens (including phenoxy) is 3. The van der Waals surface area contributed by atoms with Crippen molar-refractivity contribution in [3.05, 3.63) is 12.2 Å². The van der Waals surface area contributed by atoms with Gasteiger partial charge in [0, 0.05) is 51.3 Å². The van der Waals surface area contributed by atoms with Gasteiger partial charge in [0.1, 0.15) is 13.3 Å². The lowest BCUT2D eigenvalue weighted by Crippen LogP contribution is -2.46. The minimum Gasteiger partial charge on any atom is -0.480 e. The summed E-state index contributed by atoms with van der Waals surface area (Å²) in [5.41, 5.74) is 0. The molecule has 45 heavy (non-hydrogen) atoms. The number of imide groups is 1. The van der Waals surface area contributed by atoms with Crippen molar-refractivity contribution in [2.45, 2.75) is 6.42 Å². The quantitative estimate of drug-likeness (QED) is 0.0640. The van der Waals surface area contributed by atoms with Gasteiger partial charge in [0.25, 0.3) is 11.8 Å². The molecule has 0 saturated carbocycles. The van der Waals surface area contributed by atoms with Gasteiger partial charge in [-0.3, -0.25) is 43.4 Å². The number of carboxylic acids is 1. The summed E-state index contributed by atoms with van der Waals surface area (Å²) in [5, 5.41) is 17.7. The van der Waals surface area contributed by atoms with Crippen molar-refractivity contribution < 1.29 is 57.7 Å². The number of hydrogen-bond acceptors (Lipinski definition) is 12. The van der Waals surface area contributed by atoms with E-state index in [0.717, 1.165) is 4.90 Å². The molecule has 7 amide bonds. The monoisotopic (exact) mass is 641 g/mol. The molecule has 19 heteroatoms. The van der Waals surface area contributed by atoms with E-state index in [4.69, 9.17) is 14.6 Å². The van der Waals surface area contributed by atoms with Crippen LogP contribution in [0.15, 0.2) is 12.2 Å². The smallest absolute Gasteiger partial charge is 0.329 e. The zero-order valence-electron chi connectivity index (χ0n) is 24.7. The average molecular weight is 642 g/mol. The van der Waals surface area contributed by atoms with Gasteiger partial charge in [-0.2, -0.15) is 0 Å². The van der Waals surface area contributed by atoms with Crippen LogP contribution in [0.5, 0.6) is 0 Å². The van der Waals surface area contributed by atoms with E-state index in [1.54, 1.807) is 9.80 Å². The van der Waals surface area contributed by atoms with Crippen LogP contribution < -0.4 is 21.3 Å². The molecule has 0 bridgehead atoms. The fraction of sp³-hybridized carbons (Fsp3) is 0.615. The second-order valence-corrected chi connectivity index (χ2v) is 9.61. The number of carbonyl (C=O) groups is 8. The number of aliphatic carboxylic acids is 1. The second kappa shape index (κ2) is 20.5. The van der Waals surface area contributed by atoms with E-state index in [2.05, 4.69) is 26.0 Å². The molecular weight excluding hydrogens is 602 g/mol. The zero-order chi connectivity index (χ0) is 33.0. The minimum absolute atomic E-state index is 0.00770. The van der Waals surface area contributed by atoms with Gasteiger partial charge in [0.15, 0.2) is 0 Å². The lowest BCUT2D eigenvalue weighted by atomic mass is 10.3. The van der Waals surface area contributed by atoms with E-state index in [9.17, 15) is 38.4 Å². The van der Waals surface area contributed by atoms with Crippen molar-refractivity contribution in [3.8, 4) is 0 Å². The number of carboxylic acid groups (broad SMARTS) is 1. The highest BCUT2D eigenvalue weighted by molar-refractivity contribution is 6.13. The van der Waals surface area contributed by atoms with Crippen LogP contribution >= 0.6 is 0 Å². The third-order valence-electron chi connectivity index (χ3n) is 6.22. The molecule has 2 aliphatic rings. The van der Waals surface area contributed by atoms with Crippen molar-refractivity contribution in [3.63, 3.8) is 0 Å². The fourth-order valence-corrected chi connectivity index (χ4v) is 3.84. The topological polar surface area (TPSA) is 242 Å². The molecule has 2 rings (SSSR count). The molecule has 0 aromatic rings. The Hall–Kier alpha value is -4.46. The summed E-state index contributed by atoms with van der Waals surface area (Å²) in [4.78, 5) is 98.5. The molecule has 0 aliphatic carbocycles. The molecule has 2 aliphatic heterocycles. The lowest BCUT2D eigenvalue weighted by Gasteiger charge is -2.26. The first-order chi connectivity index (χ1) is 21.5. The summed E-state index contributed by atoms with van der Waals surface area (Å²) in [6.07, 6.45) is 2.32. The highest BCUT2D eigenvalue weighted by Crippen LogP contribution is 2.06. The summed E-state index contributed by atoms with van der Waals surface area (Å²) in [5.74, 6) is -4.67. The van der Waals surface area contributed by atoms with Gasteiger partial charge >= 0.3 is 5.97 Å². The first-order valence-electron chi connectivity index (χ1n) is 14.1. The summed E-state index contributed by atoms with van der Waals surface area (Å²) in [7, 11) is 0. The Morgan fingerprint density at radius 3 is 1.76 bits per heavy atom. The average Bonchev–Trinajstić information content (AvgIpc) is 3.32. The largest absolute Gasteiger partial charge is 0.480 e. The maximum absolute atomic E-state index is 12.7. The van der Waals surface area contributed by atoms with Crippen LogP contribution in [0.2, 0.25) is 0 Å². The van der Waals surface area contributed by atoms with Gasteiger partial charge in [-0.05, 0) is 0 Å². The predicted octanol–water partition coefficient (Wildman–Crippen LogP) is -5.00. The van der Waals surface area contributed by atoms with Gasteiger partial charge < -0.3 is 45.5 Å². The Morgan fingerprint density at radius 2 is 1.22 bits per heavy atom. The van der Waals surface area contributed by atoms with Crippen molar-refractivity contribution in [1.82, 2.24) is 36.0 Å². The molecule has 19 nitrogen and oxygen atoms in total. The standard InChI is InChI=1S/C26H39N7O12/c34-19(28-15-21(36)30-18-45-17-26(41)42)13-27-20(35)14-29-22(37)16-31-5-9-43-11-7-32(8-12-44-10-6-31)23(38)3-4-33-24(39)1-2-25(33)40/h1-2H,3-18H2,(H,27,35)(H,28,34)(H,29,37)(H,30,36)(H,41,42). The third kappa shape index (κ3) is 15.7. The van der Waals surface area contributed by atoms with Gasteiger partial charge in [-0.15, -0.1) is 0 Å². The molecule has 250 valence electrons. The van der Waals surface area contributed by atoms with Crippen LogP contribution in [0.4, 0.5) is 0 Å². The highest BCUT2D eigenvalue weighted by atomic mass is 16.5. The van der Waals surface area contributed by atoms with Crippen LogP contribution in [0.1, 0.15) is 6.42 Å². The molecule has 5 N–H and O–H groups in total. The first-order valence-corrected chi connectivity index (χ1v) is 14.1. The predicted molar refractivity (Wildman–Crippen MR) is 151 cm³/mol. The van der Waals surface area contributed by atoms with Crippen LogP contribution in [0.3, 0.4) is 0 Å². The number of amides is 7. The van der Waals surface area contributed by atoms with Crippen molar-refractivity contribution in [1.29, 1.82) is 0 Å². The number of hydrogen-bond donors (Lipinski definition) is 5. The van der Waals surface area contributed by atoms with Crippen LogP contribution in [0, 0.1) is 0 Å². The van der Waals surface area contributed by atoms with E-state index >= 15 is 0 Å². The first kappa shape index (κ1) is 36.7. The van der Waals surface area contributed by atoms with Crippen molar-refractivity contribution >= 4 is 47.3 Å². The van der Waals surface area contributed by atoms with Crippen LogP contribution in [-0.2, 0) is 52.6 Å².